The third-order valence-electron chi connectivity index (χ3n) is 1.74. The Morgan fingerprint density at radius 2 is 2.17 bits per heavy atom. The van der Waals surface area contributed by atoms with Gasteiger partial charge in [-0.15, -0.1) is 0 Å². The van der Waals surface area contributed by atoms with Gasteiger partial charge in [0.2, 0.25) is 0 Å². The Morgan fingerprint density at radius 3 is 2.58 bits per heavy atom. The molecule has 0 bridgehead atoms. The van der Waals surface area contributed by atoms with Crippen LogP contribution in [-0.4, -0.2) is 5.71 Å². The average Bonchev–Trinajstić information content (AvgIpc) is 2.02. The molecule has 0 aliphatic heterocycles. The Labute approximate surface area is 73.5 Å². The molecule has 0 aromatic heterocycles. The first kappa shape index (κ1) is 11.1. The maximum Gasteiger partial charge on any atom is 0.0968 e. The Hall–Kier alpha value is -0.920. The number of hydrogen-bond donors (Lipinski definition) is 1. The monoisotopic (exact) mass is 169 g/mol. The summed E-state index contributed by atoms with van der Waals surface area (Å²) in [6, 6.07) is 0. The fraction of sp³-hybridized carbons (Fsp3) is 0.500. The van der Waals surface area contributed by atoms with E-state index in [4.69, 9.17) is 5.41 Å². The fourth-order valence-electron chi connectivity index (χ4n) is 0.669. The predicted molar refractivity (Wildman–Crippen MR) is 51.2 cm³/mol. The van der Waals surface area contributed by atoms with E-state index in [9.17, 15) is 4.39 Å². The Morgan fingerprint density at radius 1 is 1.58 bits per heavy atom. The zero-order valence-corrected chi connectivity index (χ0v) is 7.89. The molecule has 1 unspecified atom stereocenters. The zero-order chi connectivity index (χ0) is 9.56. The molecule has 0 fully saturated rings. The zero-order valence-electron chi connectivity index (χ0n) is 7.89. The highest BCUT2D eigenvalue weighted by Gasteiger charge is 2.00. The summed E-state index contributed by atoms with van der Waals surface area (Å²) in [5.41, 5.74) is 0.551. The second-order valence-electron chi connectivity index (χ2n) is 2.88. The quantitative estimate of drug-likeness (QED) is 0.492. The number of rotatable bonds is 4. The van der Waals surface area contributed by atoms with Gasteiger partial charge in [0.05, 0.1) is 5.83 Å². The van der Waals surface area contributed by atoms with Gasteiger partial charge in [0.25, 0.3) is 0 Å². The Kier molecular flexibility index (Phi) is 5.26. The third kappa shape index (κ3) is 4.83. The molecule has 0 aliphatic rings. The summed E-state index contributed by atoms with van der Waals surface area (Å²) in [4.78, 5) is 0. The molecule has 12 heavy (non-hydrogen) atoms. The van der Waals surface area contributed by atoms with Gasteiger partial charge < -0.3 is 5.41 Å². The van der Waals surface area contributed by atoms with Crippen molar-refractivity contribution >= 4 is 5.71 Å². The molecule has 2 heteroatoms. The van der Waals surface area contributed by atoms with Crippen LogP contribution >= 0.6 is 0 Å². The lowest BCUT2D eigenvalue weighted by Crippen LogP contribution is -2.04. The van der Waals surface area contributed by atoms with Crippen molar-refractivity contribution in [3.8, 4) is 0 Å². The molecular formula is C10H16FN. The summed E-state index contributed by atoms with van der Waals surface area (Å²) in [5.74, 6) is 0.0257. The fourth-order valence-corrected chi connectivity index (χ4v) is 0.669. The van der Waals surface area contributed by atoms with Crippen molar-refractivity contribution in [2.24, 2.45) is 5.92 Å². The summed E-state index contributed by atoms with van der Waals surface area (Å²) in [6.07, 6.45) is 5.51. The first-order valence-corrected chi connectivity index (χ1v) is 4.16. The van der Waals surface area contributed by atoms with Crippen LogP contribution in [0.25, 0.3) is 0 Å². The number of nitrogens with one attached hydrogen (secondary N) is 1. The van der Waals surface area contributed by atoms with Crippen LogP contribution in [0.15, 0.2) is 24.1 Å². The Bertz CT molecular complexity index is 200. The van der Waals surface area contributed by atoms with Crippen molar-refractivity contribution in [2.45, 2.75) is 27.2 Å². The van der Waals surface area contributed by atoms with Gasteiger partial charge in [-0.1, -0.05) is 19.9 Å². The number of halogens is 1. The predicted octanol–water partition coefficient (Wildman–Crippen LogP) is 3.48. The SMILES string of the molecule is CCC(C)C(=N)/C=C\C=C(/C)F. The van der Waals surface area contributed by atoms with Crippen molar-refractivity contribution in [1.82, 2.24) is 0 Å². The largest absolute Gasteiger partial charge is 0.305 e. The van der Waals surface area contributed by atoms with Crippen LogP contribution in [0.1, 0.15) is 27.2 Å². The second kappa shape index (κ2) is 5.70. The molecule has 1 N–H and O–H groups in total. The normalized spacial score (nSPS) is 15.2. The molecule has 0 aliphatic carbocycles. The lowest BCUT2D eigenvalue weighted by Gasteiger charge is -2.04. The molecule has 0 aromatic rings. The van der Waals surface area contributed by atoms with Crippen molar-refractivity contribution in [3.63, 3.8) is 0 Å². The van der Waals surface area contributed by atoms with E-state index >= 15 is 0 Å². The molecule has 0 saturated carbocycles. The molecule has 0 rings (SSSR count). The minimum Gasteiger partial charge on any atom is -0.305 e. The summed E-state index contributed by atoms with van der Waals surface area (Å²) in [6.45, 7) is 5.40. The van der Waals surface area contributed by atoms with Gasteiger partial charge in [0.15, 0.2) is 0 Å². The van der Waals surface area contributed by atoms with Crippen molar-refractivity contribution in [1.29, 1.82) is 5.41 Å². The number of hydrogen-bond acceptors (Lipinski definition) is 1. The summed E-state index contributed by atoms with van der Waals surface area (Å²) >= 11 is 0. The highest BCUT2D eigenvalue weighted by Crippen LogP contribution is 2.03. The van der Waals surface area contributed by atoms with Gasteiger partial charge in [-0.05, 0) is 31.4 Å². The van der Waals surface area contributed by atoms with E-state index in [1.807, 2.05) is 13.8 Å². The average molecular weight is 169 g/mol. The Balaban J connectivity index is 4.00. The van der Waals surface area contributed by atoms with E-state index in [0.717, 1.165) is 6.42 Å². The molecule has 0 saturated heterocycles. The summed E-state index contributed by atoms with van der Waals surface area (Å²) in [7, 11) is 0. The lowest BCUT2D eigenvalue weighted by atomic mass is 10.0. The smallest absolute Gasteiger partial charge is 0.0968 e. The molecule has 1 atom stereocenters. The minimum absolute atomic E-state index is 0.233. The highest BCUT2D eigenvalue weighted by atomic mass is 19.1. The molecule has 0 heterocycles. The minimum atomic E-state index is -0.233. The van der Waals surface area contributed by atoms with Gasteiger partial charge >= 0.3 is 0 Å². The first-order valence-electron chi connectivity index (χ1n) is 4.16. The van der Waals surface area contributed by atoms with Crippen LogP contribution in [0.3, 0.4) is 0 Å². The molecule has 0 aromatic carbocycles. The van der Waals surface area contributed by atoms with Crippen LogP contribution in [0.5, 0.6) is 0 Å². The topological polar surface area (TPSA) is 23.9 Å². The van der Waals surface area contributed by atoms with Crippen LogP contribution < -0.4 is 0 Å². The third-order valence-corrected chi connectivity index (χ3v) is 1.74. The number of allylic oxidation sites excluding steroid dienone is 4. The van der Waals surface area contributed by atoms with Crippen molar-refractivity contribution in [3.05, 3.63) is 24.1 Å². The van der Waals surface area contributed by atoms with E-state index in [0.29, 0.717) is 5.71 Å². The van der Waals surface area contributed by atoms with Gasteiger partial charge in [-0.25, -0.2) is 4.39 Å². The van der Waals surface area contributed by atoms with E-state index in [1.54, 1.807) is 12.2 Å². The van der Waals surface area contributed by atoms with Crippen molar-refractivity contribution in [2.75, 3.05) is 0 Å². The van der Waals surface area contributed by atoms with E-state index < -0.39 is 0 Å². The maximum atomic E-state index is 12.2. The van der Waals surface area contributed by atoms with E-state index in [2.05, 4.69) is 0 Å². The van der Waals surface area contributed by atoms with Crippen LogP contribution in [-0.2, 0) is 0 Å². The summed E-state index contributed by atoms with van der Waals surface area (Å²) < 4.78 is 12.2. The van der Waals surface area contributed by atoms with E-state index in [-0.39, 0.29) is 11.7 Å². The molecule has 0 amide bonds. The molecular weight excluding hydrogens is 153 g/mol. The first-order chi connectivity index (χ1) is 5.57. The lowest BCUT2D eigenvalue weighted by molar-refractivity contribution is 0.640. The van der Waals surface area contributed by atoms with Crippen LogP contribution in [0.4, 0.5) is 4.39 Å². The van der Waals surface area contributed by atoms with Gasteiger partial charge in [-0.3, -0.25) is 0 Å². The van der Waals surface area contributed by atoms with Gasteiger partial charge in [0.1, 0.15) is 0 Å². The second-order valence-corrected chi connectivity index (χ2v) is 2.88. The molecule has 1 nitrogen and oxygen atoms in total. The van der Waals surface area contributed by atoms with E-state index in [1.165, 1.54) is 13.0 Å². The van der Waals surface area contributed by atoms with Gasteiger partial charge in [-0.2, -0.15) is 0 Å². The molecule has 0 radical (unpaired) electrons. The maximum absolute atomic E-state index is 12.2. The van der Waals surface area contributed by atoms with Crippen molar-refractivity contribution < 1.29 is 4.39 Å². The standard InChI is InChI=1S/C10H16FN/c1-4-8(2)10(12)7-5-6-9(3)11/h5-8,12H,4H2,1-3H3/b7-5-,9-6+,12-10?. The molecule has 0 spiro atoms. The molecule has 68 valence electrons. The van der Waals surface area contributed by atoms with Crippen LogP contribution in [0.2, 0.25) is 0 Å². The van der Waals surface area contributed by atoms with Gasteiger partial charge in [0, 0.05) is 5.71 Å². The van der Waals surface area contributed by atoms with Crippen LogP contribution in [0, 0.1) is 11.3 Å². The summed E-state index contributed by atoms with van der Waals surface area (Å²) in [5, 5.41) is 7.50. The highest BCUT2D eigenvalue weighted by molar-refractivity contribution is 5.94.